The van der Waals surface area contributed by atoms with Crippen molar-refractivity contribution in [2.24, 2.45) is 5.92 Å². The van der Waals surface area contributed by atoms with Crippen molar-refractivity contribution in [3.05, 3.63) is 53.5 Å². The van der Waals surface area contributed by atoms with Crippen LogP contribution in [0.3, 0.4) is 0 Å². The summed E-state index contributed by atoms with van der Waals surface area (Å²) in [5.74, 6) is -3.08. The number of amides is 1. The number of hydrogen-bond acceptors (Lipinski definition) is 6. The van der Waals surface area contributed by atoms with E-state index in [4.69, 9.17) is 0 Å². The Morgan fingerprint density at radius 2 is 2.03 bits per heavy atom. The molecule has 2 aliphatic rings. The molecule has 5 rings (SSSR count). The molecule has 184 valence electrons. The van der Waals surface area contributed by atoms with Gasteiger partial charge >= 0.3 is 0 Å². The average molecular weight is 486 g/mol. The summed E-state index contributed by atoms with van der Waals surface area (Å²) in [6.45, 7) is 2.66. The predicted octanol–water partition coefficient (Wildman–Crippen LogP) is 3.92. The van der Waals surface area contributed by atoms with Gasteiger partial charge < -0.3 is 16.0 Å². The van der Waals surface area contributed by atoms with Crippen LogP contribution in [0.2, 0.25) is 0 Å². The minimum atomic E-state index is -2.78. The van der Waals surface area contributed by atoms with Gasteiger partial charge in [0, 0.05) is 30.4 Å². The van der Waals surface area contributed by atoms with Crippen LogP contribution in [-0.2, 0) is 0 Å². The maximum absolute atomic E-state index is 14.0. The highest BCUT2D eigenvalue weighted by Gasteiger charge is 2.46. The molecule has 1 saturated carbocycles. The zero-order chi connectivity index (χ0) is 24.8. The molecule has 1 fully saturated rings. The lowest BCUT2D eigenvalue weighted by molar-refractivity contribution is -0.00832. The number of fused-ring (bicyclic) bond motifs is 2. The van der Waals surface area contributed by atoms with Crippen LogP contribution in [0.15, 0.2) is 36.8 Å². The molecule has 0 bridgehead atoms. The number of anilines is 2. The fourth-order valence-corrected chi connectivity index (χ4v) is 3.99. The molecule has 3 aromatic heterocycles. The Labute approximate surface area is 200 Å². The molecule has 0 atom stereocenters. The van der Waals surface area contributed by atoms with Crippen molar-refractivity contribution in [1.29, 1.82) is 0 Å². The van der Waals surface area contributed by atoms with Crippen molar-refractivity contribution in [2.45, 2.75) is 38.3 Å². The number of alkyl halides is 3. The molecule has 1 amide bonds. The van der Waals surface area contributed by atoms with Crippen LogP contribution < -0.4 is 16.0 Å². The van der Waals surface area contributed by atoms with Gasteiger partial charge in [0.15, 0.2) is 0 Å². The van der Waals surface area contributed by atoms with Gasteiger partial charge in [0.2, 0.25) is 5.95 Å². The third kappa shape index (κ3) is 4.94. The molecule has 8 nitrogen and oxygen atoms in total. The zero-order valence-corrected chi connectivity index (χ0v) is 19.4. The summed E-state index contributed by atoms with van der Waals surface area (Å²) >= 11 is 0. The van der Waals surface area contributed by atoms with Crippen LogP contribution in [0, 0.1) is 5.92 Å². The highest BCUT2D eigenvalue weighted by atomic mass is 19.3. The van der Waals surface area contributed by atoms with Crippen LogP contribution >= 0.6 is 0 Å². The lowest BCUT2D eigenvalue weighted by Gasteiger charge is -2.20. The molecular formula is C24H26F3N7O. The Morgan fingerprint density at radius 1 is 1.23 bits per heavy atom. The molecule has 11 heteroatoms. The second-order valence-corrected chi connectivity index (χ2v) is 9.55. The van der Waals surface area contributed by atoms with Gasteiger partial charge in [-0.25, -0.2) is 22.7 Å². The molecule has 0 aromatic carbocycles. The summed E-state index contributed by atoms with van der Waals surface area (Å²) in [6.07, 6.45) is 7.84. The fourth-order valence-electron chi connectivity index (χ4n) is 3.99. The third-order valence-electron chi connectivity index (χ3n) is 6.06. The van der Waals surface area contributed by atoms with E-state index in [-0.39, 0.29) is 12.5 Å². The highest BCUT2D eigenvalue weighted by Crippen LogP contribution is 2.43. The summed E-state index contributed by atoms with van der Waals surface area (Å²) < 4.78 is 43.4. The normalized spacial score (nSPS) is 15.9. The van der Waals surface area contributed by atoms with Gasteiger partial charge in [0.1, 0.15) is 11.5 Å². The maximum atomic E-state index is 14.0. The number of aromatic nitrogens is 4. The van der Waals surface area contributed by atoms with E-state index in [0.29, 0.717) is 41.8 Å². The van der Waals surface area contributed by atoms with Crippen LogP contribution in [0.1, 0.15) is 48.2 Å². The number of carbonyl (C=O) groups is 1. The van der Waals surface area contributed by atoms with E-state index in [1.54, 1.807) is 16.9 Å². The molecule has 1 aliphatic heterocycles. The van der Waals surface area contributed by atoms with Gasteiger partial charge in [0.05, 0.1) is 30.4 Å². The Balaban J connectivity index is 1.38. The van der Waals surface area contributed by atoms with E-state index in [0.717, 1.165) is 11.1 Å². The summed E-state index contributed by atoms with van der Waals surface area (Å²) in [5.41, 5.74) is 1.73. The van der Waals surface area contributed by atoms with Crippen LogP contribution in [-0.4, -0.2) is 56.7 Å². The van der Waals surface area contributed by atoms with E-state index in [1.165, 1.54) is 20.0 Å². The third-order valence-corrected chi connectivity index (χ3v) is 6.06. The largest absolute Gasteiger partial charge is 0.366 e. The van der Waals surface area contributed by atoms with Crippen LogP contribution in [0.4, 0.5) is 24.9 Å². The first-order valence-electron chi connectivity index (χ1n) is 11.5. The van der Waals surface area contributed by atoms with Crippen LogP contribution in [0.5, 0.6) is 0 Å². The Morgan fingerprint density at radius 3 is 2.77 bits per heavy atom. The van der Waals surface area contributed by atoms with E-state index in [2.05, 4.69) is 31.0 Å². The lowest BCUT2D eigenvalue weighted by Crippen LogP contribution is -2.35. The van der Waals surface area contributed by atoms with Crippen molar-refractivity contribution in [3.63, 3.8) is 0 Å². The number of nitrogens with one attached hydrogen (secondary N) is 3. The van der Waals surface area contributed by atoms with Crippen LogP contribution in [0.25, 0.3) is 11.1 Å². The van der Waals surface area contributed by atoms with E-state index in [1.807, 2.05) is 18.2 Å². The number of hydrogen-bond donors (Lipinski definition) is 3. The fraction of sp³-hybridized carbons (Fsp3) is 0.417. The highest BCUT2D eigenvalue weighted by molar-refractivity contribution is 6.01. The van der Waals surface area contributed by atoms with Crippen molar-refractivity contribution in [3.8, 4) is 0 Å². The second-order valence-electron chi connectivity index (χ2n) is 9.55. The molecule has 1 aliphatic carbocycles. The van der Waals surface area contributed by atoms with Gasteiger partial charge in [0.25, 0.3) is 11.8 Å². The van der Waals surface area contributed by atoms with Crippen molar-refractivity contribution in [1.82, 2.24) is 24.9 Å². The summed E-state index contributed by atoms with van der Waals surface area (Å²) in [6, 6.07) is 3.68. The maximum Gasteiger partial charge on any atom is 0.267 e. The number of carbonyl (C=O) groups excluding carboxylic acids is 1. The zero-order valence-electron chi connectivity index (χ0n) is 19.4. The number of rotatable bonds is 8. The SMILES string of the molecule is CC(C)(F)CNC(=O)c1cnn2ccc(C3=CCNc4nc(NCC(F)(F)C5CC5)ncc43)cc12. The average Bonchev–Trinajstić information content (AvgIpc) is 3.61. The molecule has 35 heavy (non-hydrogen) atoms. The first-order chi connectivity index (χ1) is 16.6. The predicted molar refractivity (Wildman–Crippen MR) is 126 cm³/mol. The smallest absolute Gasteiger partial charge is 0.267 e. The number of pyridine rings is 1. The molecule has 3 aromatic rings. The quantitative estimate of drug-likeness (QED) is 0.448. The number of nitrogens with zero attached hydrogens (tertiary/aromatic N) is 4. The Bertz CT molecular complexity index is 1310. The van der Waals surface area contributed by atoms with E-state index in [9.17, 15) is 18.0 Å². The molecular weight excluding hydrogens is 459 g/mol. The molecule has 0 saturated heterocycles. The van der Waals surface area contributed by atoms with E-state index < -0.39 is 30.0 Å². The summed E-state index contributed by atoms with van der Waals surface area (Å²) in [7, 11) is 0. The van der Waals surface area contributed by atoms with Gasteiger partial charge in [-0.3, -0.25) is 4.79 Å². The second kappa shape index (κ2) is 8.54. The van der Waals surface area contributed by atoms with Crippen molar-refractivity contribution in [2.75, 3.05) is 30.3 Å². The minimum absolute atomic E-state index is 0.118. The Hall–Kier alpha value is -3.63. The minimum Gasteiger partial charge on any atom is -0.366 e. The first-order valence-corrected chi connectivity index (χ1v) is 11.5. The molecule has 0 spiro atoms. The van der Waals surface area contributed by atoms with E-state index >= 15 is 0 Å². The molecule has 0 unspecified atom stereocenters. The van der Waals surface area contributed by atoms with Gasteiger partial charge in [-0.05, 0) is 50.0 Å². The Kier molecular flexibility index (Phi) is 5.65. The molecule has 4 heterocycles. The van der Waals surface area contributed by atoms with Crippen molar-refractivity contribution < 1.29 is 18.0 Å². The van der Waals surface area contributed by atoms with Gasteiger partial charge in [-0.15, -0.1) is 0 Å². The number of halogens is 3. The van der Waals surface area contributed by atoms with Gasteiger partial charge in [-0.1, -0.05) is 6.08 Å². The standard InChI is InChI=1S/C24H26F3N7O/c1-23(2,25)12-30-21(35)18-11-32-34-8-6-14(9-19(18)34)16-5-7-28-20-17(16)10-29-22(33-20)31-13-24(26,27)15-3-4-15/h5-6,8-11,15H,3-4,7,12-13H2,1-2H3,(H,30,35)(H2,28,29,31,33). The first kappa shape index (κ1) is 23.1. The molecule has 0 radical (unpaired) electrons. The summed E-state index contributed by atoms with van der Waals surface area (Å²) in [4.78, 5) is 21.3. The summed E-state index contributed by atoms with van der Waals surface area (Å²) in [5, 5.41) is 12.6. The topological polar surface area (TPSA) is 96.2 Å². The van der Waals surface area contributed by atoms with Gasteiger partial charge in [-0.2, -0.15) is 10.1 Å². The molecule has 3 N–H and O–H groups in total. The van der Waals surface area contributed by atoms with Crippen molar-refractivity contribution >= 4 is 28.8 Å². The monoisotopic (exact) mass is 485 g/mol. The lowest BCUT2D eigenvalue weighted by atomic mass is 9.97.